The average Bonchev–Trinajstić information content (AvgIpc) is 2.19. The standard InChI is InChI=1S/C11H12ClNO3/c1-7(4-11(13)15)16-10-3-2-8(6-14)5-9(10)12/h2-3,5-7H,4H2,1H3,(H2,13,15). The van der Waals surface area contributed by atoms with E-state index in [0.717, 1.165) is 0 Å². The molecule has 0 bridgehead atoms. The summed E-state index contributed by atoms with van der Waals surface area (Å²) < 4.78 is 5.41. The number of hydrogen-bond acceptors (Lipinski definition) is 3. The highest BCUT2D eigenvalue weighted by Gasteiger charge is 2.10. The van der Waals surface area contributed by atoms with Gasteiger partial charge in [0.05, 0.1) is 11.4 Å². The molecule has 4 nitrogen and oxygen atoms in total. The maximum absolute atomic E-state index is 10.6. The third-order valence-corrected chi connectivity index (χ3v) is 2.20. The molecule has 0 aliphatic heterocycles. The Morgan fingerprint density at radius 1 is 1.62 bits per heavy atom. The largest absolute Gasteiger partial charge is 0.489 e. The number of primary amides is 1. The number of benzene rings is 1. The van der Waals surface area contributed by atoms with Crippen LogP contribution in [0, 0.1) is 0 Å². The van der Waals surface area contributed by atoms with Gasteiger partial charge >= 0.3 is 0 Å². The van der Waals surface area contributed by atoms with Gasteiger partial charge in [0.2, 0.25) is 5.91 Å². The molecular formula is C11H12ClNO3. The van der Waals surface area contributed by atoms with Crippen LogP contribution < -0.4 is 10.5 Å². The lowest BCUT2D eigenvalue weighted by molar-refractivity contribution is -0.119. The minimum Gasteiger partial charge on any atom is -0.489 e. The molecule has 5 heteroatoms. The summed E-state index contributed by atoms with van der Waals surface area (Å²) in [5.41, 5.74) is 5.50. The molecule has 0 aliphatic carbocycles. The van der Waals surface area contributed by atoms with E-state index in [-0.39, 0.29) is 12.5 Å². The normalized spacial score (nSPS) is 11.9. The van der Waals surface area contributed by atoms with Gasteiger partial charge in [-0.25, -0.2) is 0 Å². The van der Waals surface area contributed by atoms with E-state index in [0.29, 0.717) is 22.6 Å². The van der Waals surface area contributed by atoms with Gasteiger partial charge in [0.1, 0.15) is 18.1 Å². The first-order valence-corrected chi connectivity index (χ1v) is 5.10. The van der Waals surface area contributed by atoms with Crippen LogP contribution in [0.1, 0.15) is 23.7 Å². The number of rotatable bonds is 5. The molecule has 16 heavy (non-hydrogen) atoms. The summed E-state index contributed by atoms with van der Waals surface area (Å²) >= 11 is 5.89. The lowest BCUT2D eigenvalue weighted by Crippen LogP contribution is -2.22. The van der Waals surface area contributed by atoms with Gasteiger partial charge in [-0.15, -0.1) is 0 Å². The summed E-state index contributed by atoms with van der Waals surface area (Å²) in [7, 11) is 0. The number of aldehydes is 1. The molecule has 1 aromatic rings. The molecule has 0 aromatic heterocycles. The van der Waals surface area contributed by atoms with Crippen LogP contribution in [0.4, 0.5) is 0 Å². The first-order valence-electron chi connectivity index (χ1n) is 4.72. The number of amides is 1. The van der Waals surface area contributed by atoms with Crippen molar-refractivity contribution in [2.24, 2.45) is 5.73 Å². The van der Waals surface area contributed by atoms with Crippen LogP contribution in [0.25, 0.3) is 0 Å². The SMILES string of the molecule is CC(CC(N)=O)Oc1ccc(C=O)cc1Cl. The number of ether oxygens (including phenoxy) is 1. The number of carbonyl (C=O) groups is 2. The van der Waals surface area contributed by atoms with Crippen LogP contribution in [0.2, 0.25) is 5.02 Å². The van der Waals surface area contributed by atoms with Gasteiger partial charge in [0.25, 0.3) is 0 Å². The van der Waals surface area contributed by atoms with E-state index < -0.39 is 5.91 Å². The maximum atomic E-state index is 10.6. The second kappa shape index (κ2) is 5.51. The molecule has 0 spiro atoms. The molecule has 1 rings (SSSR count). The Morgan fingerprint density at radius 2 is 2.31 bits per heavy atom. The molecule has 0 fully saturated rings. The van der Waals surface area contributed by atoms with Crippen molar-refractivity contribution in [3.63, 3.8) is 0 Å². The van der Waals surface area contributed by atoms with Crippen molar-refractivity contribution < 1.29 is 14.3 Å². The summed E-state index contributed by atoms with van der Waals surface area (Å²) in [5.74, 6) is -0.00542. The van der Waals surface area contributed by atoms with Gasteiger partial charge in [-0.1, -0.05) is 11.6 Å². The molecule has 0 saturated carbocycles. The molecule has 1 aromatic carbocycles. The highest BCUT2D eigenvalue weighted by atomic mass is 35.5. The van der Waals surface area contributed by atoms with Crippen molar-refractivity contribution in [3.05, 3.63) is 28.8 Å². The summed E-state index contributed by atoms with van der Waals surface area (Å²) in [6, 6.07) is 4.68. The molecule has 86 valence electrons. The van der Waals surface area contributed by atoms with Gasteiger partial charge in [-0.3, -0.25) is 9.59 Å². The molecule has 0 heterocycles. The van der Waals surface area contributed by atoms with Crippen molar-refractivity contribution in [1.29, 1.82) is 0 Å². The Morgan fingerprint density at radius 3 is 2.81 bits per heavy atom. The van der Waals surface area contributed by atoms with Crippen molar-refractivity contribution >= 4 is 23.8 Å². The monoisotopic (exact) mass is 241 g/mol. The zero-order chi connectivity index (χ0) is 12.1. The molecular weight excluding hydrogens is 230 g/mol. The fourth-order valence-corrected chi connectivity index (χ4v) is 1.46. The van der Waals surface area contributed by atoms with Crippen LogP contribution in [0.5, 0.6) is 5.75 Å². The van der Waals surface area contributed by atoms with Crippen molar-refractivity contribution in [2.75, 3.05) is 0 Å². The third kappa shape index (κ3) is 3.55. The van der Waals surface area contributed by atoms with Crippen molar-refractivity contribution in [1.82, 2.24) is 0 Å². The highest BCUT2D eigenvalue weighted by molar-refractivity contribution is 6.32. The van der Waals surface area contributed by atoms with E-state index in [1.54, 1.807) is 19.1 Å². The zero-order valence-corrected chi connectivity index (χ0v) is 9.53. The second-order valence-electron chi connectivity index (χ2n) is 3.41. The number of carbonyl (C=O) groups excluding carboxylic acids is 2. The molecule has 0 radical (unpaired) electrons. The molecule has 2 N–H and O–H groups in total. The van der Waals surface area contributed by atoms with Gasteiger partial charge in [0.15, 0.2) is 0 Å². The Bertz CT molecular complexity index is 406. The summed E-state index contributed by atoms with van der Waals surface area (Å²) in [4.78, 5) is 21.1. The van der Waals surface area contributed by atoms with E-state index in [9.17, 15) is 9.59 Å². The lowest BCUT2D eigenvalue weighted by atomic mass is 10.2. The third-order valence-electron chi connectivity index (χ3n) is 1.91. The van der Waals surface area contributed by atoms with Crippen LogP contribution >= 0.6 is 11.6 Å². The van der Waals surface area contributed by atoms with Crippen molar-refractivity contribution in [3.8, 4) is 5.75 Å². The summed E-state index contributed by atoms with van der Waals surface area (Å²) in [5, 5.41) is 0.334. The summed E-state index contributed by atoms with van der Waals surface area (Å²) in [6.07, 6.45) is 0.464. The first kappa shape index (κ1) is 12.5. The minimum absolute atomic E-state index is 0.117. The van der Waals surface area contributed by atoms with Crippen molar-refractivity contribution in [2.45, 2.75) is 19.4 Å². The fraction of sp³-hybridized carbons (Fsp3) is 0.273. The highest BCUT2D eigenvalue weighted by Crippen LogP contribution is 2.26. The number of halogens is 1. The molecule has 1 atom stereocenters. The Balaban J connectivity index is 2.74. The van der Waals surface area contributed by atoms with Gasteiger partial charge in [-0.05, 0) is 25.1 Å². The van der Waals surface area contributed by atoms with Crippen LogP contribution in [0.3, 0.4) is 0 Å². The molecule has 1 unspecified atom stereocenters. The summed E-state index contributed by atoms with van der Waals surface area (Å²) in [6.45, 7) is 1.72. The van der Waals surface area contributed by atoms with E-state index in [1.165, 1.54) is 6.07 Å². The fourth-order valence-electron chi connectivity index (χ4n) is 1.23. The predicted octanol–water partition coefficient (Wildman–Crippen LogP) is 1.80. The average molecular weight is 242 g/mol. The van der Waals surface area contributed by atoms with E-state index >= 15 is 0 Å². The van der Waals surface area contributed by atoms with Crippen LogP contribution in [-0.4, -0.2) is 18.3 Å². The predicted molar refractivity (Wildman–Crippen MR) is 60.7 cm³/mol. The quantitative estimate of drug-likeness (QED) is 0.799. The Labute approximate surface area is 98.3 Å². The topological polar surface area (TPSA) is 69.4 Å². The molecule has 0 saturated heterocycles. The zero-order valence-electron chi connectivity index (χ0n) is 8.77. The molecule has 1 amide bonds. The van der Waals surface area contributed by atoms with Crippen LogP contribution in [0.15, 0.2) is 18.2 Å². The minimum atomic E-state index is -0.437. The maximum Gasteiger partial charge on any atom is 0.221 e. The number of nitrogens with two attached hydrogens (primary N) is 1. The Kier molecular flexibility index (Phi) is 4.31. The van der Waals surface area contributed by atoms with Gasteiger partial charge < -0.3 is 10.5 Å². The molecule has 0 aliphatic rings. The van der Waals surface area contributed by atoms with E-state index in [2.05, 4.69) is 0 Å². The van der Waals surface area contributed by atoms with Gasteiger partial charge in [-0.2, -0.15) is 0 Å². The van der Waals surface area contributed by atoms with E-state index in [1.807, 2.05) is 0 Å². The second-order valence-corrected chi connectivity index (χ2v) is 3.81. The first-order chi connectivity index (χ1) is 7.52. The lowest BCUT2D eigenvalue weighted by Gasteiger charge is -2.14. The van der Waals surface area contributed by atoms with E-state index in [4.69, 9.17) is 22.1 Å². The Hall–Kier alpha value is -1.55. The van der Waals surface area contributed by atoms with Gasteiger partial charge in [0, 0.05) is 5.56 Å². The smallest absolute Gasteiger partial charge is 0.221 e. The van der Waals surface area contributed by atoms with Crippen LogP contribution in [-0.2, 0) is 4.79 Å². The number of hydrogen-bond donors (Lipinski definition) is 1.